The maximum Gasteiger partial charge on any atom is 0.274 e. The molecule has 3 aromatic heterocycles. The van der Waals surface area contributed by atoms with E-state index < -0.39 is 0 Å². The molecule has 0 spiro atoms. The molecule has 1 saturated carbocycles. The van der Waals surface area contributed by atoms with Gasteiger partial charge in [-0.15, -0.1) is 22.7 Å². The smallest absolute Gasteiger partial charge is 0.274 e. The number of aromatic nitrogens is 3. The predicted molar refractivity (Wildman–Crippen MR) is 129 cm³/mol. The third kappa shape index (κ3) is 3.52. The van der Waals surface area contributed by atoms with Crippen LogP contribution in [0.5, 0.6) is 0 Å². The number of halogens is 1. The molecule has 1 aliphatic carbocycles. The van der Waals surface area contributed by atoms with Crippen LogP contribution in [-0.2, 0) is 0 Å². The molecule has 3 atom stereocenters. The van der Waals surface area contributed by atoms with E-state index in [1.54, 1.807) is 16.5 Å². The molecule has 0 radical (unpaired) electrons. The lowest BCUT2D eigenvalue weighted by atomic mass is 10.1. The number of nitrogens with one attached hydrogen (secondary N) is 1. The highest BCUT2D eigenvalue weighted by Crippen LogP contribution is 2.50. The van der Waals surface area contributed by atoms with Crippen molar-refractivity contribution in [1.29, 1.82) is 0 Å². The average Bonchev–Trinajstić information content (AvgIpc) is 3.14. The Kier molecular flexibility index (Phi) is 5.03. The third-order valence-electron chi connectivity index (χ3n) is 6.71. The standard InChI is InChI=1S/C24H22FN5O2S2/c1-12-20(29-6-7-33-24(29)27-12)22(31)26-10-18-17-9-15(17)11-30(18)23(32)19-21(34-13(2)28-19)14-4-3-5-16(25)8-14/h3-8,15,17-18H,9-11H2,1-2H3,(H,26,31)/t15-,17-,18-/m1/s1. The van der Waals surface area contributed by atoms with Gasteiger partial charge in [-0.2, -0.15) is 0 Å². The van der Waals surface area contributed by atoms with Crippen molar-refractivity contribution in [2.45, 2.75) is 26.3 Å². The summed E-state index contributed by atoms with van der Waals surface area (Å²) >= 11 is 2.88. The molecule has 174 valence electrons. The second-order valence-corrected chi connectivity index (χ2v) is 11.0. The number of likely N-dealkylation sites (tertiary alicyclic amines) is 1. The van der Waals surface area contributed by atoms with E-state index >= 15 is 0 Å². The van der Waals surface area contributed by atoms with E-state index in [-0.39, 0.29) is 23.7 Å². The highest BCUT2D eigenvalue weighted by atomic mass is 32.1. The van der Waals surface area contributed by atoms with Gasteiger partial charge in [0, 0.05) is 24.7 Å². The number of carbonyl (C=O) groups is 2. The molecule has 1 saturated heterocycles. The second-order valence-electron chi connectivity index (χ2n) is 8.92. The van der Waals surface area contributed by atoms with Crippen LogP contribution in [0, 0.1) is 31.5 Å². The van der Waals surface area contributed by atoms with E-state index in [1.165, 1.54) is 34.8 Å². The first kappa shape index (κ1) is 21.4. The molecule has 1 aliphatic heterocycles. The zero-order valence-corrected chi connectivity index (χ0v) is 20.3. The summed E-state index contributed by atoms with van der Waals surface area (Å²) in [5, 5.41) is 5.70. The molecule has 34 heavy (non-hydrogen) atoms. The summed E-state index contributed by atoms with van der Waals surface area (Å²) in [5.41, 5.74) is 2.23. The Morgan fingerprint density at radius 2 is 2.12 bits per heavy atom. The van der Waals surface area contributed by atoms with Crippen molar-refractivity contribution in [2.75, 3.05) is 13.1 Å². The molecule has 2 amide bonds. The van der Waals surface area contributed by atoms with Crippen LogP contribution in [0.15, 0.2) is 35.8 Å². The molecule has 0 unspecified atom stereocenters. The van der Waals surface area contributed by atoms with Crippen molar-refractivity contribution >= 4 is 39.4 Å². The molecule has 4 aromatic rings. The van der Waals surface area contributed by atoms with Crippen molar-refractivity contribution in [3.8, 4) is 10.4 Å². The number of hydrogen-bond donors (Lipinski definition) is 1. The van der Waals surface area contributed by atoms with Crippen molar-refractivity contribution in [3.05, 3.63) is 63.7 Å². The van der Waals surface area contributed by atoms with Crippen molar-refractivity contribution in [1.82, 2.24) is 24.6 Å². The molecule has 4 heterocycles. The van der Waals surface area contributed by atoms with Gasteiger partial charge in [0.2, 0.25) is 0 Å². The molecule has 1 aromatic carbocycles. The number of imidazole rings is 1. The molecule has 7 nitrogen and oxygen atoms in total. The topological polar surface area (TPSA) is 79.6 Å². The summed E-state index contributed by atoms with van der Waals surface area (Å²) in [5.74, 6) is 0.151. The fourth-order valence-corrected chi connectivity index (χ4v) is 6.71. The first-order valence-electron chi connectivity index (χ1n) is 11.2. The van der Waals surface area contributed by atoms with Crippen LogP contribution < -0.4 is 5.32 Å². The van der Waals surface area contributed by atoms with Crippen LogP contribution in [-0.4, -0.2) is 50.2 Å². The van der Waals surface area contributed by atoms with E-state index in [1.807, 2.05) is 30.3 Å². The number of piperidine rings is 1. The minimum atomic E-state index is -0.347. The van der Waals surface area contributed by atoms with Crippen LogP contribution in [0.1, 0.15) is 38.1 Å². The predicted octanol–water partition coefficient (Wildman–Crippen LogP) is 4.17. The van der Waals surface area contributed by atoms with Crippen LogP contribution in [0.3, 0.4) is 0 Å². The monoisotopic (exact) mass is 495 g/mol. The fourth-order valence-electron chi connectivity index (χ4n) is 5.05. The molecule has 6 rings (SSSR count). The summed E-state index contributed by atoms with van der Waals surface area (Å²) in [6.07, 6.45) is 2.91. The SMILES string of the molecule is Cc1nc(C(=O)N2C[C@H]3C[C@H]3[C@H]2CNC(=O)c2c(C)nc3sccn23)c(-c2cccc(F)c2)s1. The van der Waals surface area contributed by atoms with Crippen LogP contribution in [0.2, 0.25) is 0 Å². The maximum absolute atomic E-state index is 13.9. The van der Waals surface area contributed by atoms with Gasteiger partial charge in [-0.25, -0.2) is 14.4 Å². The Bertz CT molecular complexity index is 1440. The van der Waals surface area contributed by atoms with Gasteiger partial charge >= 0.3 is 0 Å². The van der Waals surface area contributed by atoms with E-state index in [0.717, 1.165) is 16.4 Å². The van der Waals surface area contributed by atoms with Crippen LogP contribution in [0.25, 0.3) is 15.4 Å². The number of hydrogen-bond acceptors (Lipinski definition) is 6. The quantitative estimate of drug-likeness (QED) is 0.451. The Hall–Kier alpha value is -3.11. The van der Waals surface area contributed by atoms with E-state index in [4.69, 9.17) is 0 Å². The highest BCUT2D eigenvalue weighted by Gasteiger charge is 2.54. The van der Waals surface area contributed by atoms with Crippen molar-refractivity contribution in [3.63, 3.8) is 0 Å². The zero-order chi connectivity index (χ0) is 23.6. The summed E-state index contributed by atoms with van der Waals surface area (Å²) in [4.78, 5) is 38.9. The Balaban J connectivity index is 1.24. The van der Waals surface area contributed by atoms with E-state index in [2.05, 4.69) is 15.3 Å². The van der Waals surface area contributed by atoms with Crippen LogP contribution >= 0.6 is 22.7 Å². The number of thiazole rings is 2. The molecule has 2 aliphatic rings. The Labute approximate surface area is 203 Å². The van der Waals surface area contributed by atoms with E-state index in [0.29, 0.717) is 52.4 Å². The van der Waals surface area contributed by atoms with Crippen LogP contribution in [0.4, 0.5) is 4.39 Å². The summed E-state index contributed by atoms with van der Waals surface area (Å²) in [7, 11) is 0. The van der Waals surface area contributed by atoms with Gasteiger partial charge in [0.25, 0.3) is 11.8 Å². The number of carbonyl (C=O) groups excluding carboxylic acids is 2. The second kappa shape index (κ2) is 7.99. The van der Waals surface area contributed by atoms with Gasteiger partial charge in [-0.3, -0.25) is 14.0 Å². The molecule has 10 heteroatoms. The van der Waals surface area contributed by atoms with Gasteiger partial charge in [-0.05, 0) is 49.8 Å². The van der Waals surface area contributed by atoms with Gasteiger partial charge < -0.3 is 10.2 Å². The van der Waals surface area contributed by atoms with Gasteiger partial charge in [0.1, 0.15) is 17.2 Å². The Morgan fingerprint density at radius 3 is 2.94 bits per heavy atom. The number of amides is 2. The number of aryl methyl sites for hydroxylation is 2. The molecule has 1 N–H and O–H groups in total. The highest BCUT2D eigenvalue weighted by molar-refractivity contribution is 7.15. The number of nitrogens with zero attached hydrogens (tertiary/aromatic N) is 4. The minimum absolute atomic E-state index is 0.0880. The first-order valence-corrected chi connectivity index (χ1v) is 12.8. The minimum Gasteiger partial charge on any atom is -0.349 e. The number of rotatable bonds is 5. The summed E-state index contributed by atoms with van der Waals surface area (Å²) < 4.78 is 15.7. The molecule has 0 bridgehead atoms. The van der Waals surface area contributed by atoms with Crippen molar-refractivity contribution in [2.24, 2.45) is 11.8 Å². The van der Waals surface area contributed by atoms with E-state index in [9.17, 15) is 14.0 Å². The van der Waals surface area contributed by atoms with Crippen molar-refractivity contribution < 1.29 is 14.0 Å². The maximum atomic E-state index is 13.9. The summed E-state index contributed by atoms with van der Waals surface area (Å²) in [6, 6.07) is 6.17. The van der Waals surface area contributed by atoms with Gasteiger partial charge in [0.15, 0.2) is 4.96 Å². The number of fused-ring (bicyclic) bond motifs is 2. The fraction of sp³-hybridized carbons (Fsp3) is 0.333. The molecular weight excluding hydrogens is 473 g/mol. The number of benzene rings is 1. The largest absolute Gasteiger partial charge is 0.349 e. The lowest BCUT2D eigenvalue weighted by molar-refractivity contribution is 0.0690. The molecule has 2 fully saturated rings. The third-order valence-corrected chi connectivity index (χ3v) is 8.49. The van der Waals surface area contributed by atoms with Gasteiger partial charge in [0.05, 0.1) is 21.6 Å². The summed E-state index contributed by atoms with van der Waals surface area (Å²) in [6.45, 7) is 4.71. The lowest BCUT2D eigenvalue weighted by Crippen LogP contribution is -2.46. The average molecular weight is 496 g/mol. The lowest BCUT2D eigenvalue weighted by Gasteiger charge is -2.27. The van der Waals surface area contributed by atoms with Gasteiger partial charge in [-0.1, -0.05) is 12.1 Å². The Morgan fingerprint density at radius 1 is 1.26 bits per heavy atom. The zero-order valence-electron chi connectivity index (χ0n) is 18.6. The molecular formula is C24H22FN5O2S2. The normalized spacial score (nSPS) is 21.1. The first-order chi connectivity index (χ1) is 16.4.